The molecule has 0 saturated carbocycles. The minimum Gasteiger partial charge on any atom is -0.508 e. The summed E-state index contributed by atoms with van der Waals surface area (Å²) in [6.45, 7) is 2.04. The molecule has 0 saturated heterocycles. The first-order chi connectivity index (χ1) is 9.54. The van der Waals surface area contributed by atoms with Crippen molar-refractivity contribution < 1.29 is 9.90 Å². The maximum atomic E-state index is 12.3. The Labute approximate surface area is 119 Å². The second kappa shape index (κ2) is 5.78. The van der Waals surface area contributed by atoms with Gasteiger partial charge in [-0.15, -0.1) is 0 Å². The molecule has 0 heterocycles. The van der Waals surface area contributed by atoms with Gasteiger partial charge in [-0.05, 0) is 41.3 Å². The molecule has 1 amide bonds. The van der Waals surface area contributed by atoms with Crippen molar-refractivity contribution in [1.82, 2.24) is 4.90 Å². The van der Waals surface area contributed by atoms with Crippen LogP contribution in [0.3, 0.4) is 0 Å². The third-order valence-electron chi connectivity index (χ3n) is 3.32. The van der Waals surface area contributed by atoms with Gasteiger partial charge in [-0.25, -0.2) is 0 Å². The quantitative estimate of drug-likeness (QED) is 0.928. The highest BCUT2D eigenvalue weighted by Gasteiger charge is 2.15. The molecule has 0 aromatic heterocycles. The van der Waals surface area contributed by atoms with Crippen LogP contribution < -0.4 is 0 Å². The molecule has 1 N–H and O–H groups in total. The molecule has 0 unspecified atom stereocenters. The lowest BCUT2D eigenvalue weighted by atomic mass is 9.93. The molecule has 0 aliphatic carbocycles. The zero-order valence-corrected chi connectivity index (χ0v) is 12.1. The Morgan fingerprint density at radius 1 is 1.10 bits per heavy atom. The van der Waals surface area contributed by atoms with Crippen LogP contribution >= 0.6 is 0 Å². The molecule has 2 aromatic carbocycles. The molecular formula is C17H19NO2. The van der Waals surface area contributed by atoms with Gasteiger partial charge in [0.25, 0.3) is 5.91 Å². The summed E-state index contributed by atoms with van der Waals surface area (Å²) in [4.78, 5) is 13.9. The Hall–Kier alpha value is -2.29. The zero-order valence-electron chi connectivity index (χ0n) is 12.1. The van der Waals surface area contributed by atoms with E-state index in [0.29, 0.717) is 5.56 Å². The van der Waals surface area contributed by atoms with Crippen LogP contribution in [0.2, 0.25) is 0 Å². The number of benzene rings is 2. The number of carbonyl (C=O) groups excluding carboxylic acids is 1. The highest BCUT2D eigenvalue weighted by Crippen LogP contribution is 2.30. The van der Waals surface area contributed by atoms with Crippen LogP contribution in [0.4, 0.5) is 0 Å². The van der Waals surface area contributed by atoms with E-state index in [0.717, 1.165) is 23.1 Å². The third-order valence-corrected chi connectivity index (χ3v) is 3.32. The van der Waals surface area contributed by atoms with E-state index in [9.17, 15) is 9.90 Å². The number of amides is 1. The molecule has 0 aliphatic heterocycles. The van der Waals surface area contributed by atoms with Crippen LogP contribution in [-0.4, -0.2) is 30.0 Å². The second-order valence-corrected chi connectivity index (χ2v) is 4.94. The fourth-order valence-electron chi connectivity index (χ4n) is 2.28. The Morgan fingerprint density at radius 3 is 2.45 bits per heavy atom. The largest absolute Gasteiger partial charge is 0.508 e. The normalized spacial score (nSPS) is 10.3. The van der Waals surface area contributed by atoms with Crippen LogP contribution in [0.25, 0.3) is 11.1 Å². The second-order valence-electron chi connectivity index (χ2n) is 4.94. The molecule has 3 nitrogen and oxygen atoms in total. The van der Waals surface area contributed by atoms with Crippen LogP contribution in [0.1, 0.15) is 22.8 Å². The maximum Gasteiger partial charge on any atom is 0.253 e. The molecule has 20 heavy (non-hydrogen) atoms. The molecule has 2 aromatic rings. The molecule has 104 valence electrons. The van der Waals surface area contributed by atoms with E-state index in [1.54, 1.807) is 31.1 Å². The topological polar surface area (TPSA) is 40.5 Å². The van der Waals surface area contributed by atoms with Crippen molar-refractivity contribution in [3.8, 4) is 16.9 Å². The predicted octanol–water partition coefficient (Wildman–Crippen LogP) is 3.32. The number of aryl methyl sites for hydroxylation is 1. The summed E-state index contributed by atoms with van der Waals surface area (Å²) in [6.07, 6.45) is 0.800. The standard InChI is InChI=1S/C17H19NO2/c1-4-12-11-13(19)9-10-14(12)15-7-5-6-8-16(15)17(20)18(2)3/h5-11,19H,4H2,1-3H3. The maximum absolute atomic E-state index is 12.3. The van der Waals surface area contributed by atoms with Gasteiger partial charge in [-0.2, -0.15) is 0 Å². The van der Waals surface area contributed by atoms with Crippen LogP contribution in [0.5, 0.6) is 5.75 Å². The Morgan fingerprint density at radius 2 is 1.80 bits per heavy atom. The molecule has 3 heteroatoms. The van der Waals surface area contributed by atoms with E-state index in [2.05, 4.69) is 0 Å². The van der Waals surface area contributed by atoms with Gasteiger partial charge < -0.3 is 10.0 Å². The summed E-state index contributed by atoms with van der Waals surface area (Å²) in [7, 11) is 3.49. The number of phenols is 1. The number of phenolic OH excluding ortho intramolecular Hbond substituents is 1. The minimum absolute atomic E-state index is 0.0178. The molecule has 0 aliphatic rings. The highest BCUT2D eigenvalue weighted by molar-refractivity contribution is 6.01. The van der Waals surface area contributed by atoms with E-state index < -0.39 is 0 Å². The fourth-order valence-corrected chi connectivity index (χ4v) is 2.28. The van der Waals surface area contributed by atoms with Crippen LogP contribution in [0.15, 0.2) is 42.5 Å². The highest BCUT2D eigenvalue weighted by atomic mass is 16.3. The zero-order chi connectivity index (χ0) is 14.7. The number of rotatable bonds is 3. The summed E-state index contributed by atoms with van der Waals surface area (Å²) in [5.74, 6) is 0.234. The smallest absolute Gasteiger partial charge is 0.253 e. The first-order valence-corrected chi connectivity index (χ1v) is 6.67. The minimum atomic E-state index is -0.0178. The van der Waals surface area contributed by atoms with Crippen LogP contribution in [-0.2, 0) is 6.42 Å². The molecule has 0 bridgehead atoms. The number of hydrogen-bond acceptors (Lipinski definition) is 2. The lowest BCUT2D eigenvalue weighted by Gasteiger charge is -2.16. The number of nitrogens with zero attached hydrogens (tertiary/aromatic N) is 1. The Balaban J connectivity index is 2.62. The Bertz CT molecular complexity index is 633. The summed E-state index contributed by atoms with van der Waals surface area (Å²) in [5, 5.41) is 9.61. The van der Waals surface area contributed by atoms with Crippen molar-refractivity contribution >= 4 is 5.91 Å². The molecule has 0 radical (unpaired) electrons. The lowest BCUT2D eigenvalue weighted by molar-refractivity contribution is 0.0828. The molecule has 0 atom stereocenters. The summed E-state index contributed by atoms with van der Waals surface area (Å²) in [5.41, 5.74) is 3.61. The first-order valence-electron chi connectivity index (χ1n) is 6.67. The molecule has 0 fully saturated rings. The summed E-state index contributed by atoms with van der Waals surface area (Å²) in [6, 6.07) is 12.9. The van der Waals surface area contributed by atoms with Crippen molar-refractivity contribution in [3.05, 3.63) is 53.6 Å². The average molecular weight is 269 g/mol. The van der Waals surface area contributed by atoms with Gasteiger partial charge in [-0.3, -0.25) is 4.79 Å². The van der Waals surface area contributed by atoms with Gasteiger partial charge in [0.2, 0.25) is 0 Å². The van der Waals surface area contributed by atoms with Gasteiger partial charge >= 0.3 is 0 Å². The SMILES string of the molecule is CCc1cc(O)ccc1-c1ccccc1C(=O)N(C)C. The van der Waals surface area contributed by atoms with Gasteiger partial charge in [-0.1, -0.05) is 31.2 Å². The van der Waals surface area contributed by atoms with Gasteiger partial charge in [0.1, 0.15) is 5.75 Å². The first kappa shape index (κ1) is 14.1. The lowest BCUT2D eigenvalue weighted by Crippen LogP contribution is -2.22. The van der Waals surface area contributed by atoms with Gasteiger partial charge in [0.05, 0.1) is 0 Å². The Kier molecular flexibility index (Phi) is 4.08. The van der Waals surface area contributed by atoms with Crippen LogP contribution in [0, 0.1) is 0 Å². The van der Waals surface area contributed by atoms with E-state index >= 15 is 0 Å². The van der Waals surface area contributed by atoms with Crippen molar-refractivity contribution in [2.45, 2.75) is 13.3 Å². The molecule has 2 rings (SSSR count). The van der Waals surface area contributed by atoms with Crippen molar-refractivity contribution in [2.75, 3.05) is 14.1 Å². The van der Waals surface area contributed by atoms with E-state index in [1.165, 1.54) is 0 Å². The average Bonchev–Trinajstić information content (AvgIpc) is 2.46. The number of carbonyl (C=O) groups is 1. The van der Waals surface area contributed by atoms with Gasteiger partial charge in [0.15, 0.2) is 0 Å². The number of hydrogen-bond donors (Lipinski definition) is 1. The van der Waals surface area contributed by atoms with E-state index in [4.69, 9.17) is 0 Å². The summed E-state index contributed by atoms with van der Waals surface area (Å²) >= 11 is 0. The van der Waals surface area contributed by atoms with Crippen molar-refractivity contribution in [3.63, 3.8) is 0 Å². The number of aromatic hydroxyl groups is 1. The van der Waals surface area contributed by atoms with E-state index in [-0.39, 0.29) is 11.7 Å². The van der Waals surface area contributed by atoms with Crippen molar-refractivity contribution in [2.24, 2.45) is 0 Å². The van der Waals surface area contributed by atoms with Gasteiger partial charge in [0, 0.05) is 19.7 Å². The molecule has 0 spiro atoms. The third kappa shape index (κ3) is 2.67. The predicted molar refractivity (Wildman–Crippen MR) is 80.9 cm³/mol. The monoisotopic (exact) mass is 269 g/mol. The summed E-state index contributed by atoms with van der Waals surface area (Å²) < 4.78 is 0. The fraction of sp³-hybridized carbons (Fsp3) is 0.235. The molecular weight excluding hydrogens is 250 g/mol. The van der Waals surface area contributed by atoms with E-state index in [1.807, 2.05) is 37.3 Å². The van der Waals surface area contributed by atoms with Crippen molar-refractivity contribution in [1.29, 1.82) is 0 Å².